The Hall–Kier alpha value is -0.830. The van der Waals surface area contributed by atoms with Gasteiger partial charge in [-0.1, -0.05) is 118 Å². The van der Waals surface area contributed by atoms with Crippen molar-refractivity contribution in [1.82, 2.24) is 0 Å². The minimum Gasteiger partial charge on any atom is -0.462 e. The van der Waals surface area contributed by atoms with Gasteiger partial charge in [-0.25, -0.2) is 0 Å². The van der Waals surface area contributed by atoms with Gasteiger partial charge >= 0.3 is 5.97 Å². The van der Waals surface area contributed by atoms with Crippen molar-refractivity contribution >= 4 is 21.9 Å². The molecular weight excluding hydrogens is 568 g/mol. The molecule has 240 valence electrons. The summed E-state index contributed by atoms with van der Waals surface area (Å²) in [6.07, 6.45) is 43.6. The van der Waals surface area contributed by atoms with Crippen LogP contribution in [-0.2, 0) is 9.53 Å². The molecule has 0 N–H and O–H groups in total. The number of esters is 1. The molecule has 3 heteroatoms. The summed E-state index contributed by atoms with van der Waals surface area (Å²) < 4.78 is 6.29. The molecular formula is C38H69BrO2. The van der Waals surface area contributed by atoms with Crippen LogP contribution in [0, 0.1) is 5.92 Å². The molecule has 0 aromatic rings. The zero-order chi connectivity index (χ0) is 30.1. The van der Waals surface area contributed by atoms with Crippen molar-refractivity contribution in [3.05, 3.63) is 36.5 Å². The average molecular weight is 638 g/mol. The van der Waals surface area contributed by atoms with Crippen LogP contribution >= 0.6 is 15.9 Å². The molecule has 0 radical (unpaired) electrons. The highest BCUT2D eigenvalue weighted by molar-refractivity contribution is 9.09. The van der Waals surface area contributed by atoms with Gasteiger partial charge in [0.15, 0.2) is 0 Å². The number of unbranched alkanes of at least 4 members (excludes halogenated alkanes) is 14. The molecule has 0 heterocycles. The first-order chi connectivity index (χ1) is 20.2. The Kier molecular flexibility index (Phi) is 33.0. The Bertz CT molecular complexity index is 598. The molecule has 0 aromatic carbocycles. The van der Waals surface area contributed by atoms with Crippen LogP contribution in [0.5, 0.6) is 0 Å². The smallest absolute Gasteiger partial charge is 0.306 e. The standard InChI is InChI=1S/C38H69BrO2/c1-4-7-10-13-16-19-22-26-31-36(32-27-23-20-17-14-11-8-5-2)37(41-38(40)34-29-25-30-35-39)33-28-24-21-18-15-12-9-6-3/h16-21,36-37H,4-15,22-35H2,1-3H3. The summed E-state index contributed by atoms with van der Waals surface area (Å²) in [5, 5.41) is 1.01. The fraction of sp³-hybridized carbons (Fsp3) is 0.816. The van der Waals surface area contributed by atoms with Crippen molar-refractivity contribution in [1.29, 1.82) is 0 Å². The van der Waals surface area contributed by atoms with Gasteiger partial charge in [-0.05, 0) is 115 Å². The highest BCUT2D eigenvalue weighted by Gasteiger charge is 2.24. The third kappa shape index (κ3) is 29.0. The Morgan fingerprint density at radius 2 is 0.951 bits per heavy atom. The number of hydrogen-bond donors (Lipinski definition) is 0. The molecule has 0 saturated heterocycles. The number of carbonyl (C=O) groups excluding carboxylic acids is 1. The monoisotopic (exact) mass is 636 g/mol. The summed E-state index contributed by atoms with van der Waals surface area (Å²) in [7, 11) is 0. The maximum absolute atomic E-state index is 12.9. The van der Waals surface area contributed by atoms with Crippen molar-refractivity contribution in [3.63, 3.8) is 0 Å². The van der Waals surface area contributed by atoms with E-state index in [4.69, 9.17) is 4.74 Å². The van der Waals surface area contributed by atoms with E-state index in [1.165, 1.54) is 89.9 Å². The molecule has 0 rings (SSSR count). The van der Waals surface area contributed by atoms with Gasteiger partial charge in [0.1, 0.15) is 6.10 Å². The average Bonchev–Trinajstić information content (AvgIpc) is 2.97. The van der Waals surface area contributed by atoms with Gasteiger partial charge in [0.05, 0.1) is 0 Å². The Labute approximate surface area is 265 Å². The zero-order valence-electron chi connectivity index (χ0n) is 27.7. The van der Waals surface area contributed by atoms with Crippen LogP contribution in [0.4, 0.5) is 0 Å². The van der Waals surface area contributed by atoms with Gasteiger partial charge in [-0.15, -0.1) is 0 Å². The van der Waals surface area contributed by atoms with Crippen LogP contribution in [0.3, 0.4) is 0 Å². The first-order valence-electron chi connectivity index (χ1n) is 17.9. The van der Waals surface area contributed by atoms with Crippen LogP contribution in [0.1, 0.15) is 181 Å². The largest absolute Gasteiger partial charge is 0.462 e. The van der Waals surface area contributed by atoms with Gasteiger partial charge in [0.2, 0.25) is 0 Å². The molecule has 0 saturated carbocycles. The van der Waals surface area contributed by atoms with Gasteiger partial charge in [0, 0.05) is 11.8 Å². The third-order valence-corrected chi connectivity index (χ3v) is 8.56. The van der Waals surface area contributed by atoms with E-state index in [2.05, 4.69) is 73.2 Å². The maximum atomic E-state index is 12.9. The van der Waals surface area contributed by atoms with Crippen LogP contribution in [0.15, 0.2) is 36.5 Å². The lowest BCUT2D eigenvalue weighted by molar-refractivity contribution is -0.153. The van der Waals surface area contributed by atoms with Crippen LogP contribution in [0.2, 0.25) is 0 Å². The normalized spacial score (nSPS) is 13.6. The second kappa shape index (κ2) is 33.7. The first kappa shape index (κ1) is 40.2. The number of hydrogen-bond acceptors (Lipinski definition) is 2. The van der Waals surface area contributed by atoms with Crippen molar-refractivity contribution in [2.75, 3.05) is 5.33 Å². The Morgan fingerprint density at radius 1 is 0.537 bits per heavy atom. The minimum atomic E-state index is 0.0244. The molecule has 0 bridgehead atoms. The number of alkyl halides is 1. The lowest BCUT2D eigenvalue weighted by atomic mass is 9.87. The Balaban J connectivity index is 5.09. The summed E-state index contributed by atoms with van der Waals surface area (Å²) >= 11 is 3.50. The van der Waals surface area contributed by atoms with Crippen molar-refractivity contribution in [2.45, 2.75) is 187 Å². The van der Waals surface area contributed by atoms with Gasteiger partial charge in [-0.2, -0.15) is 0 Å². The predicted molar refractivity (Wildman–Crippen MR) is 187 cm³/mol. The number of rotatable bonds is 31. The van der Waals surface area contributed by atoms with Crippen LogP contribution < -0.4 is 0 Å². The van der Waals surface area contributed by atoms with Crippen molar-refractivity contribution in [2.24, 2.45) is 5.92 Å². The molecule has 0 aliphatic rings. The molecule has 41 heavy (non-hydrogen) atoms. The molecule has 0 aliphatic carbocycles. The van der Waals surface area contributed by atoms with Crippen LogP contribution in [0.25, 0.3) is 0 Å². The fourth-order valence-corrected chi connectivity index (χ4v) is 5.75. The topological polar surface area (TPSA) is 26.3 Å². The van der Waals surface area contributed by atoms with E-state index in [0.29, 0.717) is 12.3 Å². The number of carbonyl (C=O) groups is 1. The molecule has 1 unspecified atom stereocenters. The van der Waals surface area contributed by atoms with E-state index in [9.17, 15) is 4.79 Å². The molecule has 0 aliphatic heterocycles. The highest BCUT2D eigenvalue weighted by Crippen LogP contribution is 2.27. The fourth-order valence-electron chi connectivity index (χ4n) is 5.35. The number of halogens is 1. The van der Waals surface area contributed by atoms with E-state index >= 15 is 0 Å². The second-order valence-electron chi connectivity index (χ2n) is 12.0. The molecule has 0 amide bonds. The molecule has 0 spiro atoms. The van der Waals surface area contributed by atoms with Gasteiger partial charge in [0.25, 0.3) is 0 Å². The molecule has 2 nitrogen and oxygen atoms in total. The zero-order valence-corrected chi connectivity index (χ0v) is 29.3. The second-order valence-corrected chi connectivity index (χ2v) is 12.8. The van der Waals surface area contributed by atoms with Crippen LogP contribution in [-0.4, -0.2) is 17.4 Å². The summed E-state index contributed by atoms with van der Waals surface area (Å²) in [4.78, 5) is 12.9. The lowest BCUT2D eigenvalue weighted by Gasteiger charge is -2.27. The maximum Gasteiger partial charge on any atom is 0.306 e. The van der Waals surface area contributed by atoms with E-state index in [1.54, 1.807) is 0 Å². The highest BCUT2D eigenvalue weighted by atomic mass is 79.9. The van der Waals surface area contributed by atoms with Gasteiger partial charge < -0.3 is 4.74 Å². The Morgan fingerprint density at radius 3 is 1.37 bits per heavy atom. The summed E-state index contributed by atoms with van der Waals surface area (Å²) in [6, 6.07) is 0. The summed E-state index contributed by atoms with van der Waals surface area (Å²) in [5.41, 5.74) is 0. The summed E-state index contributed by atoms with van der Waals surface area (Å²) in [6.45, 7) is 6.79. The van der Waals surface area contributed by atoms with Crippen molar-refractivity contribution in [3.8, 4) is 0 Å². The molecule has 1 atom stereocenters. The molecule has 0 fully saturated rings. The molecule has 0 aromatic heterocycles. The predicted octanol–water partition coefficient (Wildman–Crippen LogP) is 13.4. The van der Waals surface area contributed by atoms with Crippen molar-refractivity contribution < 1.29 is 9.53 Å². The SMILES string of the molecule is CCCCCC=CCCCC(CCCC=CCCCCC)C(CCCC=CCCCCC)OC(=O)CCCCCBr. The first-order valence-corrected chi connectivity index (χ1v) is 19.0. The number of allylic oxidation sites excluding steroid dienone is 6. The van der Waals surface area contributed by atoms with E-state index in [-0.39, 0.29) is 12.1 Å². The lowest BCUT2D eigenvalue weighted by Crippen LogP contribution is -2.27. The van der Waals surface area contributed by atoms with E-state index < -0.39 is 0 Å². The van der Waals surface area contributed by atoms with Gasteiger partial charge in [-0.3, -0.25) is 4.79 Å². The quantitative estimate of drug-likeness (QED) is 0.0327. The number of ether oxygens (including phenoxy) is 1. The summed E-state index contributed by atoms with van der Waals surface area (Å²) in [5.74, 6) is 0.494. The van der Waals surface area contributed by atoms with E-state index in [0.717, 1.165) is 69.5 Å². The minimum absolute atomic E-state index is 0.0244. The third-order valence-electron chi connectivity index (χ3n) is 8.00. The van der Waals surface area contributed by atoms with E-state index in [1.807, 2.05) is 0 Å².